The minimum absolute atomic E-state index is 0.00836. The van der Waals surface area contributed by atoms with Gasteiger partial charge in [0.2, 0.25) is 0 Å². The molecule has 0 radical (unpaired) electrons. The summed E-state index contributed by atoms with van der Waals surface area (Å²) in [7, 11) is 0. The molecule has 4 N–H and O–H groups in total. The third-order valence-electron chi connectivity index (χ3n) is 1.98. The van der Waals surface area contributed by atoms with Crippen molar-refractivity contribution in [3.8, 4) is 0 Å². The number of amides is 1. The molecule has 0 spiro atoms. The third-order valence-corrected chi connectivity index (χ3v) is 2.29. The van der Waals surface area contributed by atoms with E-state index in [1.807, 2.05) is 0 Å². The molecule has 106 valence electrons. The summed E-state index contributed by atoms with van der Waals surface area (Å²) in [5.74, 6) is 4.90. The molecule has 19 heavy (non-hydrogen) atoms. The standard InChI is InChI=1S/C10H13ClF2N4O2/c11-6-1-2-8(17-14)16-9(6)10(18)15-3-4-19-5-7(12)13/h1-2,7H,3-5,14H2,(H,15,18)(H,16,17). The number of nitrogen functional groups attached to an aromatic ring is 1. The summed E-state index contributed by atoms with van der Waals surface area (Å²) in [4.78, 5) is 15.6. The van der Waals surface area contributed by atoms with E-state index in [1.54, 1.807) is 0 Å². The van der Waals surface area contributed by atoms with E-state index in [2.05, 4.69) is 20.5 Å². The minimum atomic E-state index is -2.53. The average molecular weight is 295 g/mol. The Labute approximate surface area is 113 Å². The van der Waals surface area contributed by atoms with E-state index in [4.69, 9.17) is 17.4 Å². The second-order valence-electron chi connectivity index (χ2n) is 3.39. The van der Waals surface area contributed by atoms with E-state index >= 15 is 0 Å². The normalized spacial score (nSPS) is 10.6. The van der Waals surface area contributed by atoms with Gasteiger partial charge in [0.05, 0.1) is 11.6 Å². The SMILES string of the molecule is NNc1ccc(Cl)c(C(=O)NCCOCC(F)F)n1. The van der Waals surface area contributed by atoms with Gasteiger partial charge >= 0.3 is 0 Å². The van der Waals surface area contributed by atoms with Crippen LogP contribution >= 0.6 is 11.6 Å². The number of hydrazine groups is 1. The number of hydrogen-bond acceptors (Lipinski definition) is 5. The topological polar surface area (TPSA) is 89.3 Å². The Morgan fingerprint density at radius 1 is 1.53 bits per heavy atom. The lowest BCUT2D eigenvalue weighted by Crippen LogP contribution is -2.29. The maximum Gasteiger partial charge on any atom is 0.271 e. The number of aromatic nitrogens is 1. The molecule has 1 rings (SSSR count). The van der Waals surface area contributed by atoms with E-state index in [1.165, 1.54) is 12.1 Å². The zero-order valence-corrected chi connectivity index (χ0v) is 10.6. The fourth-order valence-corrected chi connectivity index (χ4v) is 1.37. The average Bonchev–Trinajstić information content (AvgIpc) is 2.38. The molecule has 0 saturated carbocycles. The predicted molar refractivity (Wildman–Crippen MR) is 66.2 cm³/mol. The Morgan fingerprint density at radius 2 is 2.26 bits per heavy atom. The molecule has 1 aromatic heterocycles. The molecule has 1 amide bonds. The van der Waals surface area contributed by atoms with Gasteiger partial charge in [0.15, 0.2) is 0 Å². The molecule has 0 aromatic carbocycles. The summed E-state index contributed by atoms with van der Waals surface area (Å²) in [6.45, 7) is -0.617. The van der Waals surface area contributed by atoms with Crippen LogP contribution in [-0.2, 0) is 4.74 Å². The van der Waals surface area contributed by atoms with Crippen LogP contribution in [0.5, 0.6) is 0 Å². The highest BCUT2D eigenvalue weighted by Crippen LogP contribution is 2.15. The van der Waals surface area contributed by atoms with Crippen LogP contribution in [0, 0.1) is 0 Å². The number of nitrogens with zero attached hydrogens (tertiary/aromatic N) is 1. The van der Waals surface area contributed by atoms with Crippen molar-refractivity contribution < 1.29 is 18.3 Å². The van der Waals surface area contributed by atoms with Crippen molar-refractivity contribution in [2.24, 2.45) is 5.84 Å². The molecule has 9 heteroatoms. The molecule has 0 aliphatic heterocycles. The molecule has 6 nitrogen and oxygen atoms in total. The number of hydrogen-bond donors (Lipinski definition) is 3. The van der Waals surface area contributed by atoms with Crippen LogP contribution in [0.1, 0.15) is 10.5 Å². The molecule has 0 bridgehead atoms. The van der Waals surface area contributed by atoms with Crippen LogP contribution in [-0.4, -0.2) is 37.1 Å². The lowest BCUT2D eigenvalue weighted by molar-refractivity contribution is 0.0188. The minimum Gasteiger partial charge on any atom is -0.374 e. The van der Waals surface area contributed by atoms with Crippen LogP contribution < -0.4 is 16.6 Å². The summed E-state index contributed by atoms with van der Waals surface area (Å²) in [6, 6.07) is 2.97. The Balaban J connectivity index is 2.45. The van der Waals surface area contributed by atoms with E-state index in [0.29, 0.717) is 0 Å². The van der Waals surface area contributed by atoms with Gasteiger partial charge in [0, 0.05) is 6.54 Å². The van der Waals surface area contributed by atoms with Gasteiger partial charge < -0.3 is 15.5 Å². The Morgan fingerprint density at radius 3 is 2.89 bits per heavy atom. The number of carbonyl (C=O) groups excluding carboxylic acids is 1. The molecule has 0 aliphatic carbocycles. The van der Waals surface area contributed by atoms with Gasteiger partial charge in [-0.3, -0.25) is 4.79 Å². The van der Waals surface area contributed by atoms with Gasteiger partial charge in [-0.1, -0.05) is 11.6 Å². The maximum atomic E-state index is 11.8. The van der Waals surface area contributed by atoms with E-state index in [-0.39, 0.29) is 29.7 Å². The van der Waals surface area contributed by atoms with Crippen molar-refractivity contribution >= 4 is 23.3 Å². The van der Waals surface area contributed by atoms with Crippen LogP contribution in [0.15, 0.2) is 12.1 Å². The molecule has 0 saturated heterocycles. The lowest BCUT2D eigenvalue weighted by Gasteiger charge is -2.08. The fourth-order valence-electron chi connectivity index (χ4n) is 1.17. The number of ether oxygens (including phenoxy) is 1. The molecular formula is C10H13ClF2N4O2. The van der Waals surface area contributed by atoms with Crippen molar-refractivity contribution in [2.45, 2.75) is 6.43 Å². The fraction of sp³-hybridized carbons (Fsp3) is 0.400. The van der Waals surface area contributed by atoms with Gasteiger partial charge in [-0.25, -0.2) is 19.6 Å². The molecule has 0 unspecified atom stereocenters. The number of nitrogens with two attached hydrogens (primary N) is 1. The van der Waals surface area contributed by atoms with Crippen molar-refractivity contribution in [1.82, 2.24) is 10.3 Å². The van der Waals surface area contributed by atoms with Gasteiger partial charge in [0.25, 0.3) is 12.3 Å². The van der Waals surface area contributed by atoms with E-state index < -0.39 is 18.9 Å². The van der Waals surface area contributed by atoms with Gasteiger partial charge in [0.1, 0.15) is 18.1 Å². The summed E-state index contributed by atoms with van der Waals surface area (Å²) < 4.78 is 28.1. The van der Waals surface area contributed by atoms with Crippen molar-refractivity contribution in [3.63, 3.8) is 0 Å². The lowest BCUT2D eigenvalue weighted by atomic mass is 10.3. The van der Waals surface area contributed by atoms with Gasteiger partial charge in [-0.05, 0) is 12.1 Å². The Bertz CT molecular complexity index is 434. The quantitative estimate of drug-likeness (QED) is 0.397. The Hall–Kier alpha value is -1.51. The van der Waals surface area contributed by atoms with Crippen LogP contribution in [0.25, 0.3) is 0 Å². The second kappa shape index (κ2) is 7.82. The number of pyridine rings is 1. The molecule has 0 aliphatic rings. The zero-order valence-electron chi connectivity index (χ0n) is 9.83. The number of carbonyl (C=O) groups is 1. The number of nitrogens with one attached hydrogen (secondary N) is 2. The summed E-state index contributed by atoms with van der Waals surface area (Å²) in [5.41, 5.74) is 2.27. The first-order valence-electron chi connectivity index (χ1n) is 5.32. The van der Waals surface area contributed by atoms with Crippen molar-refractivity contribution in [3.05, 3.63) is 22.8 Å². The zero-order chi connectivity index (χ0) is 14.3. The Kier molecular flexibility index (Phi) is 6.40. The summed E-state index contributed by atoms with van der Waals surface area (Å²) >= 11 is 5.81. The predicted octanol–water partition coefficient (Wildman–Crippen LogP) is 1.03. The number of anilines is 1. The molecule has 1 heterocycles. The van der Waals surface area contributed by atoms with Gasteiger partial charge in [-0.2, -0.15) is 0 Å². The summed E-state index contributed by atoms with van der Waals surface area (Å²) in [6.07, 6.45) is -2.53. The van der Waals surface area contributed by atoms with Gasteiger partial charge in [-0.15, -0.1) is 0 Å². The molecule has 0 atom stereocenters. The highest BCUT2D eigenvalue weighted by Gasteiger charge is 2.12. The third kappa shape index (κ3) is 5.33. The van der Waals surface area contributed by atoms with E-state index in [9.17, 15) is 13.6 Å². The molecule has 1 aromatic rings. The highest BCUT2D eigenvalue weighted by atomic mass is 35.5. The van der Waals surface area contributed by atoms with Crippen LogP contribution in [0.4, 0.5) is 14.6 Å². The number of halogens is 3. The summed E-state index contributed by atoms with van der Waals surface area (Å²) in [5, 5.41) is 2.60. The van der Waals surface area contributed by atoms with Crippen molar-refractivity contribution in [1.29, 1.82) is 0 Å². The number of rotatable bonds is 7. The second-order valence-corrected chi connectivity index (χ2v) is 3.80. The van der Waals surface area contributed by atoms with Crippen LogP contribution in [0.3, 0.4) is 0 Å². The molecule has 0 fully saturated rings. The van der Waals surface area contributed by atoms with Crippen LogP contribution in [0.2, 0.25) is 5.02 Å². The monoisotopic (exact) mass is 294 g/mol. The maximum absolute atomic E-state index is 11.8. The smallest absolute Gasteiger partial charge is 0.271 e. The first-order valence-corrected chi connectivity index (χ1v) is 5.69. The van der Waals surface area contributed by atoms with Crippen molar-refractivity contribution in [2.75, 3.05) is 25.2 Å². The first-order chi connectivity index (χ1) is 9.04. The number of alkyl halides is 2. The first kappa shape index (κ1) is 15.5. The molecular weight excluding hydrogens is 282 g/mol. The highest BCUT2D eigenvalue weighted by molar-refractivity contribution is 6.33. The van der Waals surface area contributed by atoms with E-state index in [0.717, 1.165) is 0 Å². The largest absolute Gasteiger partial charge is 0.374 e.